The molecule has 2 aliphatic heterocycles. The number of fused-ring (bicyclic) bond motifs is 1. The zero-order valence-electron chi connectivity index (χ0n) is 15.5. The average Bonchev–Trinajstić information content (AvgIpc) is 3.03. The van der Waals surface area contributed by atoms with Gasteiger partial charge in [0, 0.05) is 51.3 Å². The van der Waals surface area contributed by atoms with Crippen LogP contribution < -0.4 is 0 Å². The van der Waals surface area contributed by atoms with E-state index in [-0.39, 0.29) is 0 Å². The Labute approximate surface area is 155 Å². The monoisotopic (exact) mass is 355 g/mol. The molecule has 0 bridgehead atoms. The summed E-state index contributed by atoms with van der Waals surface area (Å²) in [6.07, 6.45) is 13.1. The molecule has 1 unspecified atom stereocenters. The van der Waals surface area contributed by atoms with Gasteiger partial charge in [-0.3, -0.25) is 9.78 Å². The van der Waals surface area contributed by atoms with Crippen LogP contribution in [0.3, 0.4) is 0 Å². The highest BCUT2D eigenvalue weighted by Gasteiger charge is 2.24. The maximum atomic E-state index is 12.7. The van der Waals surface area contributed by atoms with Crippen LogP contribution in [0.2, 0.25) is 0 Å². The van der Waals surface area contributed by atoms with Crippen molar-refractivity contribution in [3.8, 4) is 0 Å². The summed E-state index contributed by atoms with van der Waals surface area (Å²) in [5, 5.41) is 0. The minimum atomic E-state index is 0.351. The lowest BCUT2D eigenvalue weighted by molar-refractivity contribution is -0.132. The number of rotatable bonds is 4. The van der Waals surface area contributed by atoms with Crippen molar-refractivity contribution in [2.24, 2.45) is 11.8 Å². The third-order valence-electron chi connectivity index (χ3n) is 6.02. The summed E-state index contributed by atoms with van der Waals surface area (Å²) in [5.74, 6) is 1.49. The number of ether oxygens (including phenoxy) is 1. The molecule has 2 saturated heterocycles. The van der Waals surface area contributed by atoms with Crippen LogP contribution in [0.15, 0.2) is 30.7 Å². The van der Waals surface area contributed by atoms with Gasteiger partial charge in [-0.2, -0.15) is 0 Å². The Kier molecular flexibility index (Phi) is 5.54. The number of carbonyl (C=O) groups excluding carboxylic acids is 1. The van der Waals surface area contributed by atoms with Crippen molar-refractivity contribution in [1.29, 1.82) is 0 Å². The van der Waals surface area contributed by atoms with Gasteiger partial charge in [-0.05, 0) is 62.5 Å². The lowest BCUT2D eigenvalue weighted by atomic mass is 9.94. The van der Waals surface area contributed by atoms with Crippen molar-refractivity contribution in [2.75, 3.05) is 26.3 Å². The fourth-order valence-electron chi connectivity index (χ4n) is 4.41. The van der Waals surface area contributed by atoms with Gasteiger partial charge in [0.2, 0.25) is 5.91 Å². The zero-order chi connectivity index (χ0) is 17.8. The molecule has 2 aromatic heterocycles. The molecule has 26 heavy (non-hydrogen) atoms. The largest absolute Gasteiger partial charge is 0.381 e. The van der Waals surface area contributed by atoms with Gasteiger partial charge in [0.25, 0.3) is 0 Å². The second-order valence-electron chi connectivity index (χ2n) is 7.82. The van der Waals surface area contributed by atoms with E-state index in [0.29, 0.717) is 24.2 Å². The van der Waals surface area contributed by atoms with Gasteiger partial charge >= 0.3 is 0 Å². The SMILES string of the molecule is O=C(CC1CCOCC1)N1CCCC(Cc2nccn3cccc23)CC1. The molecule has 0 saturated carbocycles. The number of likely N-dealkylation sites (tertiary alicyclic amines) is 1. The van der Waals surface area contributed by atoms with E-state index < -0.39 is 0 Å². The fraction of sp³-hybridized carbons (Fsp3) is 0.619. The smallest absolute Gasteiger partial charge is 0.222 e. The molecule has 4 heterocycles. The van der Waals surface area contributed by atoms with Crippen molar-refractivity contribution < 1.29 is 9.53 Å². The van der Waals surface area contributed by atoms with Crippen LogP contribution in [0, 0.1) is 11.8 Å². The van der Waals surface area contributed by atoms with Crippen LogP contribution >= 0.6 is 0 Å². The first kappa shape index (κ1) is 17.5. The molecule has 0 radical (unpaired) electrons. The van der Waals surface area contributed by atoms with Gasteiger partial charge in [0.15, 0.2) is 0 Å². The summed E-state index contributed by atoms with van der Waals surface area (Å²) in [7, 11) is 0. The number of nitrogens with zero attached hydrogens (tertiary/aromatic N) is 3. The number of aromatic nitrogens is 2. The molecule has 0 aromatic carbocycles. The Balaban J connectivity index is 1.33. The normalized spacial score (nSPS) is 22.5. The zero-order valence-corrected chi connectivity index (χ0v) is 15.5. The van der Waals surface area contributed by atoms with Gasteiger partial charge in [0.05, 0.1) is 11.2 Å². The van der Waals surface area contributed by atoms with Crippen molar-refractivity contribution >= 4 is 11.4 Å². The summed E-state index contributed by atoms with van der Waals surface area (Å²) in [6.45, 7) is 3.45. The van der Waals surface area contributed by atoms with Crippen LogP contribution in [-0.2, 0) is 16.0 Å². The van der Waals surface area contributed by atoms with Gasteiger partial charge < -0.3 is 14.0 Å². The predicted octanol–water partition coefficient (Wildman–Crippen LogP) is 3.32. The van der Waals surface area contributed by atoms with Crippen molar-refractivity contribution in [1.82, 2.24) is 14.3 Å². The van der Waals surface area contributed by atoms with E-state index >= 15 is 0 Å². The number of hydrogen-bond acceptors (Lipinski definition) is 3. The average molecular weight is 355 g/mol. The van der Waals surface area contributed by atoms with Crippen molar-refractivity contribution in [3.05, 3.63) is 36.4 Å². The third kappa shape index (κ3) is 4.09. The molecule has 5 nitrogen and oxygen atoms in total. The lowest BCUT2D eigenvalue weighted by Gasteiger charge is -2.26. The molecule has 1 atom stereocenters. The fourth-order valence-corrected chi connectivity index (χ4v) is 4.41. The van der Waals surface area contributed by atoms with Gasteiger partial charge in [-0.1, -0.05) is 0 Å². The molecule has 4 rings (SSSR count). The van der Waals surface area contributed by atoms with Crippen molar-refractivity contribution in [2.45, 2.75) is 44.9 Å². The van der Waals surface area contributed by atoms with E-state index in [1.54, 1.807) is 0 Å². The Bertz CT molecular complexity index is 736. The van der Waals surface area contributed by atoms with E-state index in [1.165, 1.54) is 17.6 Å². The first-order chi connectivity index (χ1) is 12.8. The highest BCUT2D eigenvalue weighted by atomic mass is 16.5. The van der Waals surface area contributed by atoms with E-state index in [2.05, 4.69) is 32.6 Å². The van der Waals surface area contributed by atoms with Crippen LogP contribution in [0.1, 0.15) is 44.2 Å². The van der Waals surface area contributed by atoms with Gasteiger partial charge in [-0.25, -0.2) is 0 Å². The second-order valence-corrected chi connectivity index (χ2v) is 7.82. The van der Waals surface area contributed by atoms with E-state index in [1.807, 2.05) is 12.4 Å². The lowest BCUT2D eigenvalue weighted by Crippen LogP contribution is -2.34. The Hall–Kier alpha value is -1.88. The van der Waals surface area contributed by atoms with Crippen LogP contribution in [0.4, 0.5) is 0 Å². The molecule has 2 fully saturated rings. The minimum Gasteiger partial charge on any atom is -0.381 e. The summed E-state index contributed by atoms with van der Waals surface area (Å²) in [5.41, 5.74) is 2.40. The second kappa shape index (κ2) is 8.21. The molecule has 1 amide bonds. The van der Waals surface area contributed by atoms with Crippen molar-refractivity contribution in [3.63, 3.8) is 0 Å². The third-order valence-corrected chi connectivity index (χ3v) is 6.02. The number of carbonyl (C=O) groups is 1. The number of amides is 1. The summed E-state index contributed by atoms with van der Waals surface area (Å²) in [4.78, 5) is 19.4. The van der Waals surface area contributed by atoms with Crippen LogP contribution in [-0.4, -0.2) is 46.5 Å². The maximum absolute atomic E-state index is 12.7. The molecular formula is C21H29N3O2. The molecule has 0 spiro atoms. The molecule has 5 heteroatoms. The highest BCUT2D eigenvalue weighted by Crippen LogP contribution is 2.25. The predicted molar refractivity (Wildman–Crippen MR) is 101 cm³/mol. The van der Waals surface area contributed by atoms with E-state index in [0.717, 1.165) is 58.4 Å². The topological polar surface area (TPSA) is 46.8 Å². The first-order valence-corrected chi connectivity index (χ1v) is 10.1. The molecule has 0 aliphatic carbocycles. The Morgan fingerprint density at radius 3 is 2.88 bits per heavy atom. The van der Waals surface area contributed by atoms with E-state index in [4.69, 9.17) is 4.74 Å². The molecule has 140 valence electrons. The molecule has 2 aromatic rings. The maximum Gasteiger partial charge on any atom is 0.222 e. The molecule has 2 aliphatic rings. The van der Waals surface area contributed by atoms with Gasteiger partial charge in [0.1, 0.15) is 0 Å². The van der Waals surface area contributed by atoms with Crippen LogP contribution in [0.5, 0.6) is 0 Å². The van der Waals surface area contributed by atoms with Gasteiger partial charge in [-0.15, -0.1) is 0 Å². The summed E-state index contributed by atoms with van der Waals surface area (Å²) >= 11 is 0. The highest BCUT2D eigenvalue weighted by molar-refractivity contribution is 5.76. The minimum absolute atomic E-state index is 0.351. The molecular weight excluding hydrogens is 326 g/mol. The first-order valence-electron chi connectivity index (χ1n) is 10.1. The summed E-state index contributed by atoms with van der Waals surface area (Å²) in [6, 6.07) is 4.22. The number of hydrogen-bond donors (Lipinski definition) is 0. The Morgan fingerprint density at radius 1 is 1.12 bits per heavy atom. The standard InChI is InChI=1S/C21H29N3O2/c25-21(16-18-6-13-26-14-7-18)24-10-1-3-17(5-11-24)15-19-20-4-2-9-23(20)12-8-22-19/h2,4,8-9,12,17-18H,1,3,5-7,10-11,13-16H2. The quantitative estimate of drug-likeness (QED) is 0.845. The summed E-state index contributed by atoms with van der Waals surface area (Å²) < 4.78 is 7.55. The van der Waals surface area contributed by atoms with Crippen LogP contribution in [0.25, 0.3) is 5.52 Å². The Morgan fingerprint density at radius 2 is 2.00 bits per heavy atom. The van der Waals surface area contributed by atoms with E-state index in [9.17, 15) is 4.79 Å². The molecule has 0 N–H and O–H groups in total.